The van der Waals surface area contributed by atoms with E-state index in [9.17, 15) is 13.2 Å². The zero-order valence-corrected chi connectivity index (χ0v) is 20.0. The minimum absolute atomic E-state index is 0.0676. The van der Waals surface area contributed by atoms with Crippen molar-refractivity contribution in [1.29, 1.82) is 0 Å². The summed E-state index contributed by atoms with van der Waals surface area (Å²) in [6.07, 6.45) is 5.90. The summed E-state index contributed by atoms with van der Waals surface area (Å²) in [6.45, 7) is 1.21. The topological polar surface area (TPSA) is 79.6 Å². The minimum atomic E-state index is -3.25. The SMILES string of the molecule is CS(=O)(=O)c1ccc(C2=C(CNC(=O)c3cccs3)[C@H]3CC[C@@H](C2)N3Cc2ccco2)cc1. The maximum absolute atomic E-state index is 12.7. The van der Waals surface area contributed by atoms with E-state index in [1.807, 2.05) is 41.8 Å². The standard InChI is InChI=1S/C25H26N2O4S2/c1-33(29,30)20-9-6-17(7-10-20)21-14-18-8-11-23(27(18)16-19-4-2-12-31-19)22(21)15-26-25(28)24-5-3-13-32-24/h2-7,9-10,12-13,18,23H,8,11,14-16H2,1H3,(H,26,28)/t18-,23+/m0/s1. The highest BCUT2D eigenvalue weighted by atomic mass is 32.2. The lowest BCUT2D eigenvalue weighted by molar-refractivity contribution is 0.0958. The van der Waals surface area contributed by atoms with Crippen LogP contribution in [0.25, 0.3) is 5.57 Å². The number of hydrogen-bond donors (Lipinski definition) is 1. The number of carbonyl (C=O) groups excluding carboxylic acids is 1. The monoisotopic (exact) mass is 482 g/mol. The number of furan rings is 1. The fraction of sp³-hybridized carbons (Fsp3) is 0.320. The van der Waals surface area contributed by atoms with Gasteiger partial charge in [-0.25, -0.2) is 8.42 Å². The fourth-order valence-corrected chi connectivity index (χ4v) is 6.29. The Hall–Kier alpha value is -2.68. The van der Waals surface area contributed by atoms with E-state index in [2.05, 4.69) is 10.2 Å². The van der Waals surface area contributed by atoms with Crippen LogP contribution in [-0.4, -0.2) is 44.1 Å². The minimum Gasteiger partial charge on any atom is -0.468 e. The maximum Gasteiger partial charge on any atom is 0.261 e. The van der Waals surface area contributed by atoms with Gasteiger partial charge in [0.05, 0.1) is 22.6 Å². The first-order valence-corrected chi connectivity index (χ1v) is 13.8. The van der Waals surface area contributed by atoms with Gasteiger partial charge in [-0.1, -0.05) is 18.2 Å². The second-order valence-corrected chi connectivity index (χ2v) is 11.6. The maximum atomic E-state index is 12.7. The lowest BCUT2D eigenvalue weighted by Crippen LogP contribution is -2.43. The molecule has 8 heteroatoms. The van der Waals surface area contributed by atoms with Crippen molar-refractivity contribution < 1.29 is 17.6 Å². The van der Waals surface area contributed by atoms with Crippen LogP contribution in [0.3, 0.4) is 0 Å². The van der Waals surface area contributed by atoms with Crippen LogP contribution in [0.5, 0.6) is 0 Å². The molecule has 2 aliphatic heterocycles. The van der Waals surface area contributed by atoms with Gasteiger partial charge in [0.2, 0.25) is 0 Å². The van der Waals surface area contributed by atoms with Gasteiger partial charge in [0.15, 0.2) is 9.84 Å². The van der Waals surface area contributed by atoms with Crippen molar-refractivity contribution in [1.82, 2.24) is 10.2 Å². The molecule has 0 aliphatic carbocycles. The summed E-state index contributed by atoms with van der Waals surface area (Å²) in [5.41, 5.74) is 3.44. The molecular weight excluding hydrogens is 456 g/mol. The molecule has 0 unspecified atom stereocenters. The van der Waals surface area contributed by atoms with Gasteiger partial charge in [-0.05, 0) is 71.7 Å². The van der Waals surface area contributed by atoms with Crippen molar-refractivity contribution in [2.24, 2.45) is 0 Å². The predicted octanol–water partition coefficient (Wildman–Crippen LogP) is 4.37. The molecule has 4 heterocycles. The lowest BCUT2D eigenvalue weighted by Gasteiger charge is -2.38. The second-order valence-electron chi connectivity index (χ2n) is 8.66. The third-order valence-corrected chi connectivity index (χ3v) is 8.60. The third kappa shape index (κ3) is 4.55. The van der Waals surface area contributed by atoms with Crippen LogP contribution in [-0.2, 0) is 16.4 Å². The highest BCUT2D eigenvalue weighted by molar-refractivity contribution is 7.90. The molecule has 5 rings (SSSR count). The van der Waals surface area contributed by atoms with Crippen LogP contribution < -0.4 is 5.32 Å². The molecular formula is C25H26N2O4S2. The van der Waals surface area contributed by atoms with Gasteiger partial charge in [0, 0.05) is 24.9 Å². The van der Waals surface area contributed by atoms with E-state index in [1.54, 1.807) is 18.4 Å². The zero-order valence-electron chi connectivity index (χ0n) is 18.4. The number of hydrogen-bond acceptors (Lipinski definition) is 6. The highest BCUT2D eigenvalue weighted by Crippen LogP contribution is 2.43. The van der Waals surface area contributed by atoms with Crippen molar-refractivity contribution in [2.75, 3.05) is 12.8 Å². The summed E-state index contributed by atoms with van der Waals surface area (Å²) in [5, 5.41) is 5.02. The van der Waals surface area contributed by atoms with Crippen LogP contribution in [0.2, 0.25) is 0 Å². The molecule has 0 radical (unpaired) electrons. The van der Waals surface area contributed by atoms with Crippen LogP contribution in [0, 0.1) is 0 Å². The molecule has 172 valence electrons. The van der Waals surface area contributed by atoms with Crippen molar-refractivity contribution in [3.63, 3.8) is 0 Å². The highest BCUT2D eigenvalue weighted by Gasteiger charge is 2.41. The van der Waals surface area contributed by atoms with Crippen LogP contribution in [0.1, 0.15) is 40.3 Å². The molecule has 2 aliphatic rings. The van der Waals surface area contributed by atoms with Crippen LogP contribution in [0.4, 0.5) is 0 Å². The number of rotatable bonds is 7. The second kappa shape index (κ2) is 8.93. The van der Waals surface area contributed by atoms with Gasteiger partial charge in [-0.2, -0.15) is 0 Å². The van der Waals surface area contributed by atoms with E-state index < -0.39 is 9.84 Å². The van der Waals surface area contributed by atoms with Crippen LogP contribution in [0.15, 0.2) is 75.1 Å². The Bertz CT molecular complexity index is 1260. The third-order valence-electron chi connectivity index (χ3n) is 6.61. The number of amides is 1. The molecule has 2 aromatic heterocycles. The summed E-state index contributed by atoms with van der Waals surface area (Å²) >= 11 is 1.43. The molecule has 3 aromatic rings. The van der Waals surface area contributed by atoms with E-state index in [0.29, 0.717) is 22.4 Å². The Morgan fingerprint density at radius 3 is 2.64 bits per heavy atom. The van der Waals surface area contributed by atoms with E-state index in [-0.39, 0.29) is 11.9 Å². The summed E-state index contributed by atoms with van der Waals surface area (Å²) in [5.74, 6) is 0.872. The number of nitrogens with zero attached hydrogens (tertiary/aromatic N) is 1. The average molecular weight is 483 g/mol. The van der Waals surface area contributed by atoms with Crippen molar-refractivity contribution in [3.05, 3.63) is 81.9 Å². The van der Waals surface area contributed by atoms with E-state index in [4.69, 9.17) is 4.42 Å². The Morgan fingerprint density at radius 2 is 1.97 bits per heavy atom. The quantitative estimate of drug-likeness (QED) is 0.541. The normalized spacial score (nSPS) is 20.9. The summed E-state index contributed by atoms with van der Waals surface area (Å²) in [4.78, 5) is 16.2. The molecule has 2 bridgehead atoms. The molecule has 6 nitrogen and oxygen atoms in total. The Balaban J connectivity index is 1.47. The molecule has 0 spiro atoms. The number of sulfone groups is 1. The lowest BCUT2D eigenvalue weighted by atomic mass is 9.88. The molecule has 1 amide bonds. The largest absolute Gasteiger partial charge is 0.468 e. The Labute approximate surface area is 197 Å². The first-order chi connectivity index (χ1) is 15.9. The summed E-state index contributed by atoms with van der Waals surface area (Å²) in [6, 6.07) is 15.4. The summed E-state index contributed by atoms with van der Waals surface area (Å²) < 4.78 is 29.4. The van der Waals surface area contributed by atoms with Gasteiger partial charge < -0.3 is 9.73 Å². The first kappa shape index (κ1) is 22.1. The van der Waals surface area contributed by atoms with Crippen molar-refractivity contribution >= 4 is 32.7 Å². The van der Waals surface area contributed by atoms with Gasteiger partial charge in [0.1, 0.15) is 5.76 Å². The predicted molar refractivity (Wildman–Crippen MR) is 129 cm³/mol. The number of benzene rings is 1. The van der Waals surface area contributed by atoms with Gasteiger partial charge >= 0.3 is 0 Å². The molecule has 1 N–H and O–H groups in total. The molecule has 1 saturated heterocycles. The first-order valence-electron chi connectivity index (χ1n) is 11.0. The number of thiophene rings is 1. The molecule has 2 atom stereocenters. The Morgan fingerprint density at radius 1 is 1.15 bits per heavy atom. The fourth-order valence-electron chi connectivity index (χ4n) is 5.02. The summed E-state index contributed by atoms with van der Waals surface area (Å²) in [7, 11) is -3.25. The number of carbonyl (C=O) groups is 1. The van der Waals surface area contributed by atoms with E-state index in [0.717, 1.165) is 37.1 Å². The van der Waals surface area contributed by atoms with Crippen molar-refractivity contribution in [2.45, 2.75) is 42.8 Å². The molecule has 1 fully saturated rings. The molecule has 33 heavy (non-hydrogen) atoms. The van der Waals surface area contributed by atoms with Gasteiger partial charge in [0.25, 0.3) is 5.91 Å². The molecule has 0 saturated carbocycles. The zero-order chi connectivity index (χ0) is 23.0. The number of nitrogens with one attached hydrogen (secondary N) is 1. The van der Waals surface area contributed by atoms with E-state index in [1.165, 1.54) is 28.7 Å². The average Bonchev–Trinajstić information content (AvgIpc) is 3.55. The van der Waals surface area contributed by atoms with Crippen molar-refractivity contribution in [3.8, 4) is 0 Å². The Kier molecular flexibility index (Phi) is 5.99. The van der Waals surface area contributed by atoms with Gasteiger partial charge in [-0.15, -0.1) is 11.3 Å². The van der Waals surface area contributed by atoms with E-state index >= 15 is 0 Å². The van der Waals surface area contributed by atoms with Gasteiger partial charge in [-0.3, -0.25) is 9.69 Å². The smallest absolute Gasteiger partial charge is 0.261 e. The van der Waals surface area contributed by atoms with Crippen LogP contribution >= 0.6 is 11.3 Å². The molecule has 1 aromatic carbocycles. The number of fused-ring (bicyclic) bond motifs is 2.